The molecular formula is C8H18O4S2. The molecule has 86 valence electrons. The first-order valence-electron chi connectivity index (χ1n) is 4.62. The van der Waals surface area contributed by atoms with Gasteiger partial charge in [-0.15, -0.1) is 0 Å². The lowest BCUT2D eigenvalue weighted by Gasteiger charge is -2.00. The third-order valence-electron chi connectivity index (χ3n) is 1.63. The van der Waals surface area contributed by atoms with Crippen molar-refractivity contribution in [2.45, 2.75) is 12.8 Å². The van der Waals surface area contributed by atoms with Crippen LogP contribution in [0, 0.1) is 0 Å². The van der Waals surface area contributed by atoms with Crippen molar-refractivity contribution in [1.82, 2.24) is 0 Å². The number of hydrogen-bond acceptors (Lipinski definition) is 4. The van der Waals surface area contributed by atoms with Crippen LogP contribution in [-0.2, 0) is 21.6 Å². The van der Waals surface area contributed by atoms with E-state index in [-0.39, 0.29) is 13.2 Å². The van der Waals surface area contributed by atoms with Crippen LogP contribution in [0.3, 0.4) is 0 Å². The van der Waals surface area contributed by atoms with Gasteiger partial charge in [0.25, 0.3) is 0 Å². The predicted octanol–water partition coefficient (Wildman–Crippen LogP) is -0.751. The maximum absolute atomic E-state index is 11.0. The Morgan fingerprint density at radius 1 is 0.714 bits per heavy atom. The van der Waals surface area contributed by atoms with Gasteiger partial charge in [-0.3, -0.25) is 8.42 Å². The second kappa shape index (κ2) is 9.76. The second-order valence-electron chi connectivity index (χ2n) is 2.85. The SMILES string of the molecule is O=S(CCO)CCCCS(=O)CCO. The fourth-order valence-electron chi connectivity index (χ4n) is 0.934. The highest BCUT2D eigenvalue weighted by Crippen LogP contribution is 1.96. The molecule has 0 saturated heterocycles. The molecular weight excluding hydrogens is 224 g/mol. The van der Waals surface area contributed by atoms with Crippen molar-refractivity contribution in [3.63, 3.8) is 0 Å². The van der Waals surface area contributed by atoms with Crippen LogP contribution in [-0.4, -0.2) is 54.9 Å². The molecule has 0 radical (unpaired) electrons. The van der Waals surface area contributed by atoms with Crippen molar-refractivity contribution in [2.75, 3.05) is 36.2 Å². The molecule has 0 rings (SSSR count). The van der Waals surface area contributed by atoms with E-state index in [0.29, 0.717) is 23.0 Å². The third kappa shape index (κ3) is 8.80. The molecule has 0 aliphatic carbocycles. The average molecular weight is 242 g/mol. The lowest BCUT2D eigenvalue weighted by atomic mass is 10.4. The molecule has 0 heterocycles. The fraction of sp³-hybridized carbons (Fsp3) is 1.00. The Morgan fingerprint density at radius 3 is 1.36 bits per heavy atom. The molecule has 0 aromatic rings. The third-order valence-corrected chi connectivity index (χ3v) is 4.40. The molecule has 4 nitrogen and oxygen atoms in total. The molecule has 2 atom stereocenters. The topological polar surface area (TPSA) is 74.6 Å². The fourth-order valence-corrected chi connectivity index (χ4v) is 2.80. The molecule has 14 heavy (non-hydrogen) atoms. The van der Waals surface area contributed by atoms with E-state index in [4.69, 9.17) is 10.2 Å². The lowest BCUT2D eigenvalue weighted by Crippen LogP contribution is -2.09. The molecule has 2 unspecified atom stereocenters. The summed E-state index contributed by atoms with van der Waals surface area (Å²) in [7, 11) is -1.87. The van der Waals surface area contributed by atoms with Gasteiger partial charge in [-0.05, 0) is 12.8 Å². The van der Waals surface area contributed by atoms with Crippen LogP contribution in [0.2, 0.25) is 0 Å². The first kappa shape index (κ1) is 14.2. The van der Waals surface area contributed by atoms with Crippen molar-refractivity contribution in [2.24, 2.45) is 0 Å². The number of unbranched alkanes of at least 4 members (excludes halogenated alkanes) is 1. The van der Waals surface area contributed by atoms with E-state index >= 15 is 0 Å². The van der Waals surface area contributed by atoms with E-state index in [9.17, 15) is 8.42 Å². The summed E-state index contributed by atoms with van der Waals surface area (Å²) in [5, 5.41) is 17.0. The molecule has 0 aromatic heterocycles. The zero-order valence-corrected chi connectivity index (χ0v) is 9.82. The number of rotatable bonds is 9. The number of aliphatic hydroxyl groups is 2. The summed E-state index contributed by atoms with van der Waals surface area (Å²) in [6.07, 6.45) is 1.54. The molecule has 0 fully saturated rings. The van der Waals surface area contributed by atoms with Crippen LogP contribution < -0.4 is 0 Å². The van der Waals surface area contributed by atoms with Crippen LogP contribution >= 0.6 is 0 Å². The minimum Gasteiger partial charge on any atom is -0.395 e. The quantitative estimate of drug-likeness (QED) is 0.522. The zero-order valence-electron chi connectivity index (χ0n) is 8.18. The maximum atomic E-state index is 11.0. The Labute approximate surface area is 89.6 Å². The maximum Gasteiger partial charge on any atom is 0.0546 e. The van der Waals surface area contributed by atoms with Crippen molar-refractivity contribution >= 4 is 21.6 Å². The second-order valence-corrected chi connectivity index (χ2v) is 6.24. The van der Waals surface area contributed by atoms with Crippen LogP contribution in [0.5, 0.6) is 0 Å². The Morgan fingerprint density at radius 2 is 1.07 bits per heavy atom. The van der Waals surface area contributed by atoms with Crippen molar-refractivity contribution in [3.05, 3.63) is 0 Å². The summed E-state index contributed by atoms with van der Waals surface area (Å²) in [4.78, 5) is 0. The average Bonchev–Trinajstić information content (AvgIpc) is 2.13. The molecule has 0 aromatic carbocycles. The smallest absolute Gasteiger partial charge is 0.0546 e. The summed E-state index contributed by atoms with van der Waals surface area (Å²) < 4.78 is 22.1. The summed E-state index contributed by atoms with van der Waals surface area (Å²) in [6.45, 7) is -0.0773. The van der Waals surface area contributed by atoms with Crippen LogP contribution in [0.4, 0.5) is 0 Å². The number of hydrogen-bond donors (Lipinski definition) is 2. The van der Waals surface area contributed by atoms with Crippen molar-refractivity contribution < 1.29 is 18.6 Å². The van der Waals surface area contributed by atoms with E-state index in [2.05, 4.69) is 0 Å². The van der Waals surface area contributed by atoms with Gasteiger partial charge in [0.1, 0.15) is 0 Å². The zero-order chi connectivity index (χ0) is 10.8. The van der Waals surface area contributed by atoms with Gasteiger partial charge >= 0.3 is 0 Å². The molecule has 0 spiro atoms. The van der Waals surface area contributed by atoms with Gasteiger partial charge in [0, 0.05) is 44.6 Å². The standard InChI is InChI=1S/C8H18O4S2/c9-3-7-13(11)5-1-2-6-14(12)8-4-10/h9-10H,1-8H2. The molecule has 2 N–H and O–H groups in total. The normalized spacial score (nSPS) is 15.3. The largest absolute Gasteiger partial charge is 0.395 e. The Hall–Kier alpha value is 0.220. The highest BCUT2D eigenvalue weighted by atomic mass is 32.2. The summed E-state index contributed by atoms with van der Waals surface area (Å²) in [5.74, 6) is 1.80. The Balaban J connectivity index is 3.28. The van der Waals surface area contributed by atoms with Gasteiger partial charge in [0.05, 0.1) is 13.2 Å². The lowest BCUT2D eigenvalue weighted by molar-refractivity contribution is 0.320. The molecule has 0 bridgehead atoms. The molecule has 0 amide bonds. The van der Waals surface area contributed by atoms with Gasteiger partial charge in [0.2, 0.25) is 0 Å². The molecule has 0 aliphatic heterocycles. The Bertz CT molecular complexity index is 164. The van der Waals surface area contributed by atoms with Gasteiger partial charge in [-0.2, -0.15) is 0 Å². The van der Waals surface area contributed by atoms with Gasteiger partial charge in [0.15, 0.2) is 0 Å². The highest BCUT2D eigenvalue weighted by Gasteiger charge is 2.01. The van der Waals surface area contributed by atoms with Crippen LogP contribution in [0.25, 0.3) is 0 Å². The first-order chi connectivity index (χ1) is 6.70. The van der Waals surface area contributed by atoms with E-state index in [1.807, 2.05) is 0 Å². The highest BCUT2D eigenvalue weighted by molar-refractivity contribution is 7.85. The van der Waals surface area contributed by atoms with E-state index in [1.54, 1.807) is 0 Å². The van der Waals surface area contributed by atoms with Crippen molar-refractivity contribution in [3.8, 4) is 0 Å². The van der Waals surface area contributed by atoms with Crippen LogP contribution in [0.15, 0.2) is 0 Å². The van der Waals surface area contributed by atoms with E-state index in [1.165, 1.54) is 0 Å². The van der Waals surface area contributed by atoms with Gasteiger partial charge < -0.3 is 10.2 Å². The van der Waals surface area contributed by atoms with E-state index in [0.717, 1.165) is 12.8 Å². The minimum atomic E-state index is -0.937. The monoisotopic (exact) mass is 242 g/mol. The summed E-state index contributed by atoms with van der Waals surface area (Å²) in [5.41, 5.74) is 0. The number of aliphatic hydroxyl groups excluding tert-OH is 2. The predicted molar refractivity (Wildman–Crippen MR) is 59.2 cm³/mol. The van der Waals surface area contributed by atoms with Gasteiger partial charge in [-0.25, -0.2) is 0 Å². The molecule has 0 saturated carbocycles. The van der Waals surface area contributed by atoms with Crippen LogP contribution in [0.1, 0.15) is 12.8 Å². The van der Waals surface area contributed by atoms with Crippen molar-refractivity contribution in [1.29, 1.82) is 0 Å². The Kier molecular flexibility index (Phi) is 9.92. The molecule has 0 aliphatic rings. The molecule has 6 heteroatoms. The summed E-state index contributed by atoms with van der Waals surface area (Å²) in [6, 6.07) is 0. The summed E-state index contributed by atoms with van der Waals surface area (Å²) >= 11 is 0. The first-order valence-corrected chi connectivity index (χ1v) is 7.60. The van der Waals surface area contributed by atoms with E-state index < -0.39 is 21.6 Å². The minimum absolute atomic E-state index is 0.0386. The van der Waals surface area contributed by atoms with Gasteiger partial charge in [-0.1, -0.05) is 0 Å².